The lowest BCUT2D eigenvalue weighted by molar-refractivity contribution is 0.302. The average molecular weight is 276 g/mol. The molecule has 0 bridgehead atoms. The largest absolute Gasteiger partial charge is 0.493 e. The minimum absolute atomic E-state index is 0.859. The summed E-state index contributed by atoms with van der Waals surface area (Å²) in [6.45, 7) is 9.57. The normalized spacial score (nSPS) is 10.8. The molecule has 114 valence electrons. The Labute approximate surface area is 125 Å². The standard InChI is InChI=1S/C19H32O/c1-5-6-7-8-9-10-11-12-13-20-19-15-17(3)16(2)14-18(19)4/h14-15H,5-13H2,1-4H3. The quantitative estimate of drug-likeness (QED) is 0.467. The Morgan fingerprint density at radius 3 is 1.90 bits per heavy atom. The fraction of sp³-hybridized carbons (Fsp3) is 0.684. The summed E-state index contributed by atoms with van der Waals surface area (Å²) in [7, 11) is 0. The summed E-state index contributed by atoms with van der Waals surface area (Å²) in [6, 6.07) is 4.40. The van der Waals surface area contributed by atoms with Gasteiger partial charge >= 0.3 is 0 Å². The predicted octanol–water partition coefficient (Wildman–Crippen LogP) is 6.13. The number of unbranched alkanes of at least 4 members (excludes halogenated alkanes) is 7. The summed E-state index contributed by atoms with van der Waals surface area (Å²) in [5.41, 5.74) is 3.93. The third kappa shape index (κ3) is 6.45. The van der Waals surface area contributed by atoms with Crippen molar-refractivity contribution in [3.8, 4) is 5.75 Å². The van der Waals surface area contributed by atoms with Crippen molar-refractivity contribution < 1.29 is 4.74 Å². The van der Waals surface area contributed by atoms with E-state index in [2.05, 4.69) is 39.8 Å². The van der Waals surface area contributed by atoms with Crippen molar-refractivity contribution >= 4 is 0 Å². The molecule has 0 spiro atoms. The van der Waals surface area contributed by atoms with E-state index in [4.69, 9.17) is 4.74 Å². The zero-order valence-corrected chi connectivity index (χ0v) is 13.9. The molecule has 0 N–H and O–H groups in total. The zero-order valence-electron chi connectivity index (χ0n) is 13.9. The Morgan fingerprint density at radius 1 is 0.700 bits per heavy atom. The Balaban J connectivity index is 2.11. The van der Waals surface area contributed by atoms with Crippen molar-refractivity contribution in [1.82, 2.24) is 0 Å². The van der Waals surface area contributed by atoms with Gasteiger partial charge in [0, 0.05) is 0 Å². The first-order valence-electron chi connectivity index (χ1n) is 8.35. The van der Waals surface area contributed by atoms with Gasteiger partial charge in [0.15, 0.2) is 0 Å². The lowest BCUT2D eigenvalue weighted by Gasteiger charge is -2.11. The maximum Gasteiger partial charge on any atom is 0.122 e. The van der Waals surface area contributed by atoms with Gasteiger partial charge in [-0.2, -0.15) is 0 Å². The van der Waals surface area contributed by atoms with E-state index < -0.39 is 0 Å². The summed E-state index contributed by atoms with van der Waals surface area (Å²) in [6.07, 6.45) is 10.8. The lowest BCUT2D eigenvalue weighted by atomic mass is 10.1. The highest BCUT2D eigenvalue weighted by Gasteiger charge is 2.02. The molecule has 0 aromatic heterocycles. The molecule has 1 nitrogen and oxygen atoms in total. The van der Waals surface area contributed by atoms with E-state index in [0.717, 1.165) is 12.4 Å². The van der Waals surface area contributed by atoms with Gasteiger partial charge in [0.1, 0.15) is 5.75 Å². The van der Waals surface area contributed by atoms with Crippen molar-refractivity contribution in [2.24, 2.45) is 0 Å². The fourth-order valence-electron chi connectivity index (χ4n) is 2.51. The number of hydrogen-bond donors (Lipinski definition) is 0. The molecular formula is C19H32O. The SMILES string of the molecule is CCCCCCCCCCOc1cc(C)c(C)cc1C. The third-order valence-corrected chi connectivity index (χ3v) is 4.05. The van der Waals surface area contributed by atoms with Crippen LogP contribution in [0.15, 0.2) is 12.1 Å². The van der Waals surface area contributed by atoms with Crippen LogP contribution in [0.4, 0.5) is 0 Å². The summed E-state index contributed by atoms with van der Waals surface area (Å²) in [5, 5.41) is 0. The maximum absolute atomic E-state index is 5.92. The highest BCUT2D eigenvalue weighted by molar-refractivity contribution is 5.40. The van der Waals surface area contributed by atoms with Crippen LogP contribution in [0.2, 0.25) is 0 Å². The Hall–Kier alpha value is -0.980. The van der Waals surface area contributed by atoms with Gasteiger partial charge in [-0.1, -0.05) is 57.9 Å². The van der Waals surface area contributed by atoms with E-state index in [-0.39, 0.29) is 0 Å². The van der Waals surface area contributed by atoms with Gasteiger partial charge < -0.3 is 4.74 Å². The molecule has 0 aliphatic heterocycles. The van der Waals surface area contributed by atoms with Crippen molar-refractivity contribution in [2.45, 2.75) is 79.1 Å². The number of rotatable bonds is 10. The molecule has 0 amide bonds. The van der Waals surface area contributed by atoms with Gasteiger partial charge in [-0.15, -0.1) is 0 Å². The minimum atomic E-state index is 0.859. The lowest BCUT2D eigenvalue weighted by Crippen LogP contribution is -2.00. The van der Waals surface area contributed by atoms with Crippen LogP contribution in [0.25, 0.3) is 0 Å². The summed E-state index contributed by atoms with van der Waals surface area (Å²) >= 11 is 0. The first kappa shape index (κ1) is 17.1. The summed E-state index contributed by atoms with van der Waals surface area (Å²) < 4.78 is 5.92. The molecule has 0 unspecified atom stereocenters. The van der Waals surface area contributed by atoms with E-state index in [1.165, 1.54) is 68.1 Å². The van der Waals surface area contributed by atoms with Gasteiger partial charge in [0.2, 0.25) is 0 Å². The molecular weight excluding hydrogens is 244 g/mol. The van der Waals surface area contributed by atoms with E-state index in [9.17, 15) is 0 Å². The second-order valence-corrected chi connectivity index (χ2v) is 6.03. The highest BCUT2D eigenvalue weighted by atomic mass is 16.5. The summed E-state index contributed by atoms with van der Waals surface area (Å²) in [4.78, 5) is 0. The Morgan fingerprint density at radius 2 is 1.25 bits per heavy atom. The van der Waals surface area contributed by atoms with Crippen LogP contribution in [0.3, 0.4) is 0 Å². The van der Waals surface area contributed by atoms with Crippen molar-refractivity contribution in [3.63, 3.8) is 0 Å². The molecule has 1 aromatic carbocycles. The van der Waals surface area contributed by atoms with Crippen LogP contribution in [-0.4, -0.2) is 6.61 Å². The van der Waals surface area contributed by atoms with E-state index in [1.807, 2.05) is 0 Å². The predicted molar refractivity (Wildman–Crippen MR) is 88.8 cm³/mol. The van der Waals surface area contributed by atoms with Crippen LogP contribution in [-0.2, 0) is 0 Å². The topological polar surface area (TPSA) is 9.23 Å². The van der Waals surface area contributed by atoms with Gasteiger partial charge in [-0.25, -0.2) is 0 Å². The smallest absolute Gasteiger partial charge is 0.122 e. The molecule has 0 atom stereocenters. The molecule has 20 heavy (non-hydrogen) atoms. The van der Waals surface area contributed by atoms with Crippen molar-refractivity contribution in [3.05, 3.63) is 28.8 Å². The zero-order chi connectivity index (χ0) is 14.8. The molecule has 1 heteroatoms. The van der Waals surface area contributed by atoms with Gasteiger partial charge in [0.05, 0.1) is 6.61 Å². The van der Waals surface area contributed by atoms with Crippen LogP contribution >= 0.6 is 0 Å². The van der Waals surface area contributed by atoms with Gasteiger partial charge in [0.25, 0.3) is 0 Å². The first-order valence-corrected chi connectivity index (χ1v) is 8.35. The molecule has 0 aliphatic rings. The molecule has 1 rings (SSSR count). The van der Waals surface area contributed by atoms with Gasteiger partial charge in [-0.3, -0.25) is 0 Å². The number of aryl methyl sites for hydroxylation is 3. The van der Waals surface area contributed by atoms with Crippen LogP contribution in [0.5, 0.6) is 5.75 Å². The third-order valence-electron chi connectivity index (χ3n) is 4.05. The second kappa shape index (κ2) is 9.85. The number of ether oxygens (including phenoxy) is 1. The van der Waals surface area contributed by atoms with E-state index >= 15 is 0 Å². The molecule has 0 aliphatic carbocycles. The van der Waals surface area contributed by atoms with Crippen molar-refractivity contribution in [2.75, 3.05) is 6.61 Å². The average Bonchev–Trinajstić information content (AvgIpc) is 2.42. The fourth-order valence-corrected chi connectivity index (χ4v) is 2.51. The first-order chi connectivity index (χ1) is 9.65. The maximum atomic E-state index is 5.92. The summed E-state index contributed by atoms with van der Waals surface area (Å²) in [5.74, 6) is 1.07. The molecule has 0 fully saturated rings. The van der Waals surface area contributed by atoms with E-state index in [0.29, 0.717) is 0 Å². The monoisotopic (exact) mass is 276 g/mol. The molecule has 0 saturated carbocycles. The molecule has 0 radical (unpaired) electrons. The van der Waals surface area contributed by atoms with Crippen molar-refractivity contribution in [1.29, 1.82) is 0 Å². The second-order valence-electron chi connectivity index (χ2n) is 6.03. The Kier molecular flexibility index (Phi) is 8.41. The number of benzene rings is 1. The van der Waals surface area contributed by atoms with Crippen LogP contribution in [0.1, 0.15) is 75.0 Å². The highest BCUT2D eigenvalue weighted by Crippen LogP contribution is 2.22. The Bertz CT molecular complexity index is 382. The number of hydrogen-bond acceptors (Lipinski definition) is 1. The minimum Gasteiger partial charge on any atom is -0.493 e. The molecule has 0 heterocycles. The molecule has 0 saturated heterocycles. The van der Waals surface area contributed by atoms with E-state index in [1.54, 1.807) is 0 Å². The van der Waals surface area contributed by atoms with Crippen LogP contribution < -0.4 is 4.74 Å². The van der Waals surface area contributed by atoms with Gasteiger partial charge in [-0.05, 0) is 49.9 Å². The van der Waals surface area contributed by atoms with Crippen LogP contribution in [0, 0.1) is 20.8 Å². The molecule has 1 aromatic rings.